The highest BCUT2D eigenvalue weighted by Crippen LogP contribution is 2.14. The molecule has 150 valence electrons. The summed E-state index contributed by atoms with van der Waals surface area (Å²) in [5.41, 5.74) is 7.35. The average Bonchev–Trinajstić information content (AvgIpc) is 2.69. The third-order valence-corrected chi connectivity index (χ3v) is 4.15. The second kappa shape index (κ2) is 10.4. The molecule has 0 saturated carbocycles. The van der Waals surface area contributed by atoms with Gasteiger partial charge in [0, 0.05) is 6.54 Å². The Labute approximate surface area is 164 Å². The predicted molar refractivity (Wildman–Crippen MR) is 105 cm³/mol. The lowest BCUT2D eigenvalue weighted by atomic mass is 10.1. The van der Waals surface area contributed by atoms with Crippen LogP contribution in [0, 0.1) is 11.7 Å². The van der Waals surface area contributed by atoms with Crippen LogP contribution in [0.3, 0.4) is 0 Å². The van der Waals surface area contributed by atoms with Crippen molar-refractivity contribution >= 4 is 11.8 Å². The monoisotopic (exact) mass is 387 g/mol. The highest BCUT2D eigenvalue weighted by atomic mass is 19.1. The molecule has 1 atom stereocenters. The van der Waals surface area contributed by atoms with Crippen LogP contribution in [0.5, 0.6) is 5.75 Å². The summed E-state index contributed by atoms with van der Waals surface area (Å²) in [6.07, 6.45) is 0. The van der Waals surface area contributed by atoms with Gasteiger partial charge in [-0.15, -0.1) is 0 Å². The molecule has 0 unspecified atom stereocenters. The van der Waals surface area contributed by atoms with E-state index in [4.69, 9.17) is 10.5 Å². The Kier molecular flexibility index (Phi) is 7.95. The van der Waals surface area contributed by atoms with Crippen LogP contribution < -0.4 is 21.1 Å². The van der Waals surface area contributed by atoms with E-state index in [1.165, 1.54) is 12.1 Å². The number of amides is 2. The molecule has 0 radical (unpaired) electrons. The smallest absolute Gasteiger partial charge is 0.239 e. The van der Waals surface area contributed by atoms with Gasteiger partial charge in [-0.25, -0.2) is 4.39 Å². The van der Waals surface area contributed by atoms with E-state index in [2.05, 4.69) is 10.6 Å². The van der Waals surface area contributed by atoms with Crippen LogP contribution in [0.4, 0.5) is 4.39 Å². The highest BCUT2D eigenvalue weighted by molar-refractivity contribution is 5.87. The van der Waals surface area contributed by atoms with Gasteiger partial charge in [-0.2, -0.15) is 0 Å². The Morgan fingerprint density at radius 2 is 1.79 bits per heavy atom. The Morgan fingerprint density at radius 3 is 2.43 bits per heavy atom. The molecule has 0 bridgehead atoms. The van der Waals surface area contributed by atoms with Crippen molar-refractivity contribution in [2.45, 2.75) is 33.0 Å². The topological polar surface area (TPSA) is 93.5 Å². The summed E-state index contributed by atoms with van der Waals surface area (Å²) in [7, 11) is 0. The van der Waals surface area contributed by atoms with Gasteiger partial charge in [-0.3, -0.25) is 9.59 Å². The molecular formula is C21H26FN3O3. The van der Waals surface area contributed by atoms with Crippen LogP contribution in [0.15, 0.2) is 48.5 Å². The fraction of sp³-hybridized carbons (Fsp3) is 0.333. The summed E-state index contributed by atoms with van der Waals surface area (Å²) < 4.78 is 18.8. The number of hydrogen-bond acceptors (Lipinski definition) is 4. The first-order chi connectivity index (χ1) is 13.3. The van der Waals surface area contributed by atoms with Crippen LogP contribution in [-0.2, 0) is 22.7 Å². The number of hydrogen-bond donors (Lipinski definition) is 3. The molecule has 2 aromatic carbocycles. The van der Waals surface area contributed by atoms with Gasteiger partial charge in [-0.05, 0) is 41.3 Å². The fourth-order valence-electron chi connectivity index (χ4n) is 2.35. The Bertz CT molecular complexity index is 794. The maximum Gasteiger partial charge on any atom is 0.239 e. The average molecular weight is 387 g/mol. The molecule has 0 aromatic heterocycles. The van der Waals surface area contributed by atoms with Crippen LogP contribution in [0.25, 0.3) is 0 Å². The van der Waals surface area contributed by atoms with E-state index in [9.17, 15) is 14.0 Å². The molecule has 0 saturated heterocycles. The first-order valence-electron chi connectivity index (χ1n) is 9.11. The zero-order chi connectivity index (χ0) is 20.5. The van der Waals surface area contributed by atoms with Crippen molar-refractivity contribution in [3.63, 3.8) is 0 Å². The first-order valence-corrected chi connectivity index (χ1v) is 9.11. The maximum atomic E-state index is 13.2. The number of halogens is 1. The van der Waals surface area contributed by atoms with E-state index in [0.29, 0.717) is 12.3 Å². The van der Waals surface area contributed by atoms with E-state index in [0.717, 1.165) is 11.1 Å². The van der Waals surface area contributed by atoms with Crippen LogP contribution in [-0.4, -0.2) is 24.4 Å². The Balaban J connectivity index is 1.73. The molecule has 6 nitrogen and oxygen atoms in total. The molecule has 2 aromatic rings. The zero-order valence-corrected chi connectivity index (χ0v) is 16.1. The van der Waals surface area contributed by atoms with Crippen molar-refractivity contribution in [3.05, 3.63) is 65.5 Å². The van der Waals surface area contributed by atoms with Gasteiger partial charge in [-0.1, -0.05) is 38.1 Å². The number of carbonyl (C=O) groups excluding carboxylic acids is 2. The van der Waals surface area contributed by atoms with Crippen molar-refractivity contribution in [3.8, 4) is 5.75 Å². The molecule has 7 heteroatoms. The third-order valence-electron chi connectivity index (χ3n) is 4.15. The van der Waals surface area contributed by atoms with Crippen molar-refractivity contribution in [1.29, 1.82) is 0 Å². The fourth-order valence-corrected chi connectivity index (χ4v) is 2.35. The van der Waals surface area contributed by atoms with Gasteiger partial charge in [0.15, 0.2) is 0 Å². The van der Waals surface area contributed by atoms with E-state index in [1.807, 2.05) is 26.0 Å². The van der Waals surface area contributed by atoms with E-state index in [-0.39, 0.29) is 36.7 Å². The van der Waals surface area contributed by atoms with Crippen LogP contribution in [0.2, 0.25) is 0 Å². The molecule has 2 amide bonds. The number of ether oxygens (including phenoxy) is 1. The van der Waals surface area contributed by atoms with Gasteiger partial charge in [0.25, 0.3) is 0 Å². The maximum absolute atomic E-state index is 13.2. The van der Waals surface area contributed by atoms with Gasteiger partial charge in [0.2, 0.25) is 11.8 Å². The summed E-state index contributed by atoms with van der Waals surface area (Å²) in [4.78, 5) is 23.6. The number of nitrogens with one attached hydrogen (secondary N) is 2. The highest BCUT2D eigenvalue weighted by Gasteiger charge is 2.17. The molecule has 28 heavy (non-hydrogen) atoms. The molecule has 0 aliphatic rings. The third kappa shape index (κ3) is 7.00. The number of nitrogens with two attached hydrogens (primary N) is 1. The summed E-state index contributed by atoms with van der Waals surface area (Å²) in [6, 6.07) is 12.8. The first kappa shape index (κ1) is 21.4. The SMILES string of the molecule is CC(C)[C@H](N)C(=O)NCC(=O)NCc1ccc(OCc2cccc(F)c2)cc1. The predicted octanol–water partition coefficient (Wildman–Crippen LogP) is 2.12. The molecule has 0 spiro atoms. The van der Waals surface area contributed by atoms with Gasteiger partial charge in [0.05, 0.1) is 12.6 Å². The summed E-state index contributed by atoms with van der Waals surface area (Å²) in [5.74, 6) is -0.283. The van der Waals surface area contributed by atoms with Crippen LogP contribution in [0.1, 0.15) is 25.0 Å². The van der Waals surface area contributed by atoms with Crippen molar-refractivity contribution in [2.24, 2.45) is 11.7 Å². The molecule has 2 rings (SSSR count). The zero-order valence-electron chi connectivity index (χ0n) is 16.1. The molecular weight excluding hydrogens is 361 g/mol. The van der Waals surface area contributed by atoms with Crippen molar-refractivity contribution in [1.82, 2.24) is 10.6 Å². The number of rotatable bonds is 9. The van der Waals surface area contributed by atoms with E-state index >= 15 is 0 Å². The second-order valence-corrected chi connectivity index (χ2v) is 6.83. The van der Waals surface area contributed by atoms with Gasteiger partial charge in [0.1, 0.15) is 18.2 Å². The Morgan fingerprint density at radius 1 is 1.07 bits per heavy atom. The van der Waals surface area contributed by atoms with Crippen molar-refractivity contribution in [2.75, 3.05) is 6.54 Å². The lowest BCUT2D eigenvalue weighted by Gasteiger charge is -2.15. The molecule has 0 fully saturated rings. The van der Waals surface area contributed by atoms with Gasteiger partial charge < -0.3 is 21.1 Å². The minimum atomic E-state index is -0.632. The quantitative estimate of drug-likeness (QED) is 0.614. The lowest BCUT2D eigenvalue weighted by molar-refractivity contribution is -0.127. The Hall–Kier alpha value is -2.93. The normalized spacial score (nSPS) is 11.8. The molecule has 0 heterocycles. The largest absolute Gasteiger partial charge is 0.489 e. The second-order valence-electron chi connectivity index (χ2n) is 6.83. The summed E-state index contributed by atoms with van der Waals surface area (Å²) in [5, 5.41) is 5.25. The minimum Gasteiger partial charge on any atom is -0.489 e. The summed E-state index contributed by atoms with van der Waals surface area (Å²) in [6.45, 7) is 4.17. The van der Waals surface area contributed by atoms with Gasteiger partial charge >= 0.3 is 0 Å². The van der Waals surface area contributed by atoms with Crippen molar-refractivity contribution < 1.29 is 18.7 Å². The van der Waals surface area contributed by atoms with Crippen LogP contribution >= 0.6 is 0 Å². The number of benzene rings is 2. The standard InChI is InChI=1S/C21H26FN3O3/c1-14(2)20(23)21(27)25-12-19(26)24-11-15-6-8-18(9-7-15)28-13-16-4-3-5-17(22)10-16/h3-10,14,20H,11-13,23H2,1-2H3,(H,24,26)(H,25,27)/t20-/m0/s1. The van der Waals surface area contributed by atoms with E-state index < -0.39 is 6.04 Å². The summed E-state index contributed by atoms with van der Waals surface area (Å²) >= 11 is 0. The minimum absolute atomic E-state index is 0.00436. The lowest BCUT2D eigenvalue weighted by Crippen LogP contribution is -2.47. The number of carbonyl (C=O) groups is 2. The molecule has 4 N–H and O–H groups in total. The molecule has 0 aliphatic carbocycles. The molecule has 0 aliphatic heterocycles. The van der Waals surface area contributed by atoms with E-state index in [1.54, 1.807) is 24.3 Å².